The zero-order valence-corrected chi connectivity index (χ0v) is 12.6. The van der Waals surface area contributed by atoms with Crippen molar-refractivity contribution in [1.82, 2.24) is 10.3 Å². The second-order valence-electron chi connectivity index (χ2n) is 5.26. The van der Waals surface area contributed by atoms with Gasteiger partial charge < -0.3 is 5.32 Å². The molecule has 0 fully saturated rings. The van der Waals surface area contributed by atoms with E-state index in [1.54, 1.807) is 6.20 Å². The fourth-order valence-corrected chi connectivity index (χ4v) is 3.30. The van der Waals surface area contributed by atoms with Gasteiger partial charge in [-0.3, -0.25) is 4.79 Å². The summed E-state index contributed by atoms with van der Waals surface area (Å²) in [6.45, 7) is 0.752. The highest BCUT2D eigenvalue weighted by Crippen LogP contribution is 2.25. The number of rotatable bonds is 4. The summed E-state index contributed by atoms with van der Waals surface area (Å²) in [5.74, 6) is 0.560. The Morgan fingerprint density at radius 2 is 2.14 bits per heavy atom. The normalized spacial score (nSPS) is 17.6. The number of hydrogen-bond donors (Lipinski definition) is 1. The maximum atomic E-state index is 12.2. The minimum atomic E-state index is -0.00997. The van der Waals surface area contributed by atoms with Crippen LogP contribution in [-0.2, 0) is 0 Å². The highest BCUT2D eigenvalue weighted by molar-refractivity contribution is 7.16. The van der Waals surface area contributed by atoms with Gasteiger partial charge in [-0.15, -0.1) is 11.3 Å². The number of aromatic nitrogens is 1. The molecule has 0 bridgehead atoms. The molecule has 0 saturated carbocycles. The lowest BCUT2D eigenvalue weighted by molar-refractivity contribution is 0.0950. The second-order valence-corrected chi connectivity index (χ2v) is 6.29. The lowest BCUT2D eigenvalue weighted by Gasteiger charge is -2.17. The Kier molecular flexibility index (Phi) is 4.46. The van der Waals surface area contributed by atoms with E-state index in [4.69, 9.17) is 0 Å². The summed E-state index contributed by atoms with van der Waals surface area (Å²) >= 11 is 1.44. The molecule has 3 rings (SSSR count). The van der Waals surface area contributed by atoms with Gasteiger partial charge in [-0.05, 0) is 25.2 Å². The average molecular weight is 298 g/mol. The molecule has 1 aromatic carbocycles. The summed E-state index contributed by atoms with van der Waals surface area (Å²) < 4.78 is 0. The van der Waals surface area contributed by atoms with Gasteiger partial charge in [-0.1, -0.05) is 42.5 Å². The molecule has 2 aromatic rings. The van der Waals surface area contributed by atoms with Crippen molar-refractivity contribution in [3.05, 3.63) is 53.6 Å². The van der Waals surface area contributed by atoms with Crippen molar-refractivity contribution in [2.24, 2.45) is 5.92 Å². The van der Waals surface area contributed by atoms with E-state index in [-0.39, 0.29) is 5.91 Å². The highest BCUT2D eigenvalue weighted by atomic mass is 32.1. The molecule has 4 heteroatoms. The summed E-state index contributed by atoms with van der Waals surface area (Å²) in [4.78, 5) is 17.2. The monoisotopic (exact) mass is 298 g/mol. The zero-order valence-electron chi connectivity index (χ0n) is 11.8. The number of thiazole rings is 1. The van der Waals surface area contributed by atoms with E-state index < -0.39 is 0 Å². The molecular formula is C17H18N2OS. The van der Waals surface area contributed by atoms with Crippen molar-refractivity contribution in [3.8, 4) is 10.6 Å². The third kappa shape index (κ3) is 3.58. The van der Waals surface area contributed by atoms with E-state index in [1.165, 1.54) is 11.3 Å². The van der Waals surface area contributed by atoms with Crippen molar-refractivity contribution < 1.29 is 4.79 Å². The molecule has 0 saturated heterocycles. The van der Waals surface area contributed by atoms with Gasteiger partial charge in [0.15, 0.2) is 0 Å². The Balaban J connectivity index is 1.60. The SMILES string of the molecule is O=C(NCC1CC=CCC1)c1cnc(-c2ccccc2)s1. The Bertz CT molecular complexity index is 633. The predicted molar refractivity (Wildman–Crippen MR) is 86.4 cm³/mol. The van der Waals surface area contributed by atoms with Crippen molar-refractivity contribution in [2.45, 2.75) is 19.3 Å². The fourth-order valence-electron chi connectivity index (χ4n) is 2.46. The fraction of sp³-hybridized carbons (Fsp3) is 0.294. The second kappa shape index (κ2) is 6.68. The molecule has 1 heterocycles. The van der Waals surface area contributed by atoms with E-state index in [0.29, 0.717) is 10.8 Å². The van der Waals surface area contributed by atoms with Crippen molar-refractivity contribution in [1.29, 1.82) is 0 Å². The van der Waals surface area contributed by atoms with Crippen LogP contribution >= 0.6 is 11.3 Å². The predicted octanol–water partition coefficient (Wildman–Crippen LogP) is 3.90. The lowest BCUT2D eigenvalue weighted by Crippen LogP contribution is -2.29. The molecular weight excluding hydrogens is 280 g/mol. The molecule has 1 N–H and O–H groups in total. The van der Waals surface area contributed by atoms with Crippen LogP contribution in [0.25, 0.3) is 10.6 Å². The Hall–Kier alpha value is -1.94. The standard InChI is InChI=1S/C17H18N2OS/c20-16(18-11-13-7-3-1-4-8-13)15-12-19-17(21-15)14-9-5-2-6-10-14/h1-3,5-6,9-10,12-13H,4,7-8,11H2,(H,18,20). The number of benzene rings is 1. The van der Waals surface area contributed by atoms with Gasteiger partial charge in [0.05, 0.1) is 6.20 Å². The maximum absolute atomic E-state index is 12.2. The first-order chi connectivity index (χ1) is 10.3. The van der Waals surface area contributed by atoms with E-state index in [9.17, 15) is 4.79 Å². The quantitative estimate of drug-likeness (QED) is 0.870. The molecule has 0 radical (unpaired) electrons. The Morgan fingerprint density at radius 3 is 2.90 bits per heavy atom. The third-order valence-electron chi connectivity index (χ3n) is 3.68. The molecule has 0 spiro atoms. The van der Waals surface area contributed by atoms with Crippen LogP contribution in [0.2, 0.25) is 0 Å². The summed E-state index contributed by atoms with van der Waals surface area (Å²) in [5.41, 5.74) is 1.05. The minimum absolute atomic E-state index is 0.00997. The third-order valence-corrected chi connectivity index (χ3v) is 4.72. The molecule has 1 atom stereocenters. The maximum Gasteiger partial charge on any atom is 0.263 e. The zero-order chi connectivity index (χ0) is 14.5. The van der Waals surface area contributed by atoms with Crippen molar-refractivity contribution >= 4 is 17.2 Å². The number of carbonyl (C=O) groups is 1. The molecule has 21 heavy (non-hydrogen) atoms. The minimum Gasteiger partial charge on any atom is -0.351 e. The number of allylic oxidation sites excluding steroid dienone is 2. The van der Waals surface area contributed by atoms with Gasteiger partial charge in [0.25, 0.3) is 5.91 Å². The molecule has 1 amide bonds. The van der Waals surface area contributed by atoms with Crippen LogP contribution in [0.5, 0.6) is 0 Å². The van der Waals surface area contributed by atoms with Gasteiger partial charge in [-0.2, -0.15) is 0 Å². The summed E-state index contributed by atoms with van der Waals surface area (Å²) in [7, 11) is 0. The van der Waals surface area contributed by atoms with Gasteiger partial charge in [0.2, 0.25) is 0 Å². The van der Waals surface area contributed by atoms with Crippen LogP contribution in [0.3, 0.4) is 0 Å². The smallest absolute Gasteiger partial charge is 0.263 e. The molecule has 3 nitrogen and oxygen atoms in total. The van der Waals surface area contributed by atoms with Crippen LogP contribution in [0.1, 0.15) is 28.9 Å². The number of nitrogens with zero attached hydrogens (tertiary/aromatic N) is 1. The van der Waals surface area contributed by atoms with E-state index >= 15 is 0 Å². The first kappa shape index (κ1) is 14.0. The van der Waals surface area contributed by atoms with E-state index in [0.717, 1.165) is 36.4 Å². The lowest BCUT2D eigenvalue weighted by atomic mass is 9.94. The largest absolute Gasteiger partial charge is 0.351 e. The topological polar surface area (TPSA) is 42.0 Å². The first-order valence-electron chi connectivity index (χ1n) is 7.27. The number of nitrogens with one attached hydrogen (secondary N) is 1. The van der Waals surface area contributed by atoms with E-state index in [2.05, 4.69) is 22.5 Å². The summed E-state index contributed by atoms with van der Waals surface area (Å²) in [5, 5.41) is 3.92. The van der Waals surface area contributed by atoms with Gasteiger partial charge in [0, 0.05) is 12.1 Å². The van der Waals surface area contributed by atoms with Crippen LogP contribution in [0.15, 0.2) is 48.7 Å². The van der Waals surface area contributed by atoms with Gasteiger partial charge >= 0.3 is 0 Å². The van der Waals surface area contributed by atoms with Crippen LogP contribution < -0.4 is 5.32 Å². The summed E-state index contributed by atoms with van der Waals surface area (Å²) in [6, 6.07) is 9.95. The number of hydrogen-bond acceptors (Lipinski definition) is 3. The van der Waals surface area contributed by atoms with E-state index in [1.807, 2.05) is 30.3 Å². The van der Waals surface area contributed by atoms with Crippen LogP contribution in [0, 0.1) is 5.92 Å². The van der Waals surface area contributed by atoms with Crippen LogP contribution in [-0.4, -0.2) is 17.4 Å². The van der Waals surface area contributed by atoms with Crippen molar-refractivity contribution in [2.75, 3.05) is 6.54 Å². The molecule has 1 aliphatic rings. The van der Waals surface area contributed by atoms with Crippen LogP contribution in [0.4, 0.5) is 0 Å². The number of carbonyl (C=O) groups excluding carboxylic acids is 1. The molecule has 1 aliphatic carbocycles. The van der Waals surface area contributed by atoms with Crippen molar-refractivity contribution in [3.63, 3.8) is 0 Å². The first-order valence-corrected chi connectivity index (χ1v) is 8.09. The highest BCUT2D eigenvalue weighted by Gasteiger charge is 2.14. The van der Waals surface area contributed by atoms with Gasteiger partial charge in [0.1, 0.15) is 9.88 Å². The Morgan fingerprint density at radius 1 is 1.29 bits per heavy atom. The molecule has 1 unspecified atom stereocenters. The Labute approximate surface area is 128 Å². The molecule has 0 aliphatic heterocycles. The van der Waals surface area contributed by atoms with Gasteiger partial charge in [-0.25, -0.2) is 4.98 Å². The summed E-state index contributed by atoms with van der Waals surface area (Å²) in [6.07, 6.45) is 9.45. The molecule has 108 valence electrons. The molecule has 1 aromatic heterocycles. The average Bonchev–Trinajstić information content (AvgIpc) is 3.04. The number of amides is 1.